The summed E-state index contributed by atoms with van der Waals surface area (Å²) in [6, 6.07) is 11.1. The van der Waals surface area contributed by atoms with Crippen molar-refractivity contribution < 1.29 is 14.6 Å². The predicted molar refractivity (Wildman–Crippen MR) is 105 cm³/mol. The maximum absolute atomic E-state index is 11.4. The number of carboxylic acids is 1. The normalized spacial score (nSPS) is 13.6. The van der Waals surface area contributed by atoms with Gasteiger partial charge in [0.1, 0.15) is 5.75 Å². The van der Waals surface area contributed by atoms with E-state index in [1.165, 1.54) is 0 Å². The number of rotatable bonds is 5. The fourth-order valence-electron chi connectivity index (χ4n) is 3.18. The second-order valence-corrected chi connectivity index (χ2v) is 8.32. The van der Waals surface area contributed by atoms with E-state index in [9.17, 15) is 9.90 Å². The Morgan fingerprint density at radius 3 is 2.73 bits per heavy atom. The molecule has 0 bridgehead atoms. The Morgan fingerprint density at radius 1 is 1.27 bits per heavy atom. The van der Waals surface area contributed by atoms with Crippen LogP contribution >= 0.6 is 11.6 Å². The highest BCUT2D eigenvalue weighted by Crippen LogP contribution is 2.34. The van der Waals surface area contributed by atoms with Crippen LogP contribution in [0.1, 0.15) is 42.3 Å². The highest BCUT2D eigenvalue weighted by Gasteiger charge is 2.25. The summed E-state index contributed by atoms with van der Waals surface area (Å²) in [6.45, 7) is 8.43. The van der Waals surface area contributed by atoms with Crippen molar-refractivity contribution in [1.82, 2.24) is 0 Å². The molecule has 5 heteroatoms. The van der Waals surface area contributed by atoms with Crippen molar-refractivity contribution in [3.63, 3.8) is 0 Å². The minimum Gasteiger partial charge on any atom is -0.493 e. The molecule has 0 atom stereocenters. The number of fused-ring (bicyclic) bond motifs is 1. The first-order valence-corrected chi connectivity index (χ1v) is 9.14. The van der Waals surface area contributed by atoms with Crippen LogP contribution in [-0.4, -0.2) is 24.2 Å². The quantitative estimate of drug-likeness (QED) is 0.798. The maximum atomic E-state index is 11.4. The molecule has 4 nitrogen and oxygen atoms in total. The van der Waals surface area contributed by atoms with E-state index in [1.807, 2.05) is 24.3 Å². The molecule has 0 saturated heterocycles. The molecule has 0 spiro atoms. The largest absolute Gasteiger partial charge is 0.493 e. The fraction of sp³-hybridized carbons (Fsp3) is 0.381. The first kappa shape index (κ1) is 18.6. The molecule has 0 aliphatic carbocycles. The smallest absolute Gasteiger partial charge is 0.336 e. The van der Waals surface area contributed by atoms with Crippen LogP contribution in [0.3, 0.4) is 0 Å². The molecule has 1 N–H and O–H groups in total. The molecule has 3 rings (SSSR count). The number of benzene rings is 2. The van der Waals surface area contributed by atoms with Gasteiger partial charge in [0.2, 0.25) is 0 Å². The van der Waals surface area contributed by atoms with Crippen molar-refractivity contribution in [2.75, 3.05) is 18.1 Å². The molecule has 0 saturated carbocycles. The number of nitrogens with zero attached hydrogens (tertiary/aromatic N) is 1. The van der Waals surface area contributed by atoms with E-state index in [4.69, 9.17) is 16.3 Å². The summed E-state index contributed by atoms with van der Waals surface area (Å²) in [5.74, 6) is -0.0483. The Balaban J connectivity index is 1.86. The zero-order chi connectivity index (χ0) is 18.9. The molecule has 138 valence electrons. The van der Waals surface area contributed by atoms with Crippen LogP contribution in [0.5, 0.6) is 5.75 Å². The van der Waals surface area contributed by atoms with Gasteiger partial charge in [-0.25, -0.2) is 4.79 Å². The van der Waals surface area contributed by atoms with Gasteiger partial charge in [-0.3, -0.25) is 0 Å². The molecular weight excluding hydrogens is 350 g/mol. The van der Waals surface area contributed by atoms with E-state index >= 15 is 0 Å². The topological polar surface area (TPSA) is 49.8 Å². The molecule has 0 amide bonds. The van der Waals surface area contributed by atoms with Gasteiger partial charge < -0.3 is 14.7 Å². The van der Waals surface area contributed by atoms with E-state index in [-0.39, 0.29) is 5.41 Å². The standard InChI is InChI=1S/C21H24ClNO3/c1-21(2,3)13-26-19-8-7-15(22)11-14(19)12-23-10-9-16-17(20(24)25)5-4-6-18(16)23/h4-8,11H,9-10,12-13H2,1-3H3,(H,24,25). The molecule has 1 aliphatic rings. The van der Waals surface area contributed by atoms with Gasteiger partial charge in [-0.05, 0) is 47.7 Å². The van der Waals surface area contributed by atoms with Gasteiger partial charge in [0, 0.05) is 29.4 Å². The van der Waals surface area contributed by atoms with E-state index in [0.717, 1.165) is 35.5 Å². The second kappa shape index (κ2) is 7.20. The average molecular weight is 374 g/mol. The first-order valence-electron chi connectivity index (χ1n) is 8.76. The van der Waals surface area contributed by atoms with Gasteiger partial charge in [0.15, 0.2) is 0 Å². The second-order valence-electron chi connectivity index (χ2n) is 7.88. The van der Waals surface area contributed by atoms with Crippen molar-refractivity contribution in [2.24, 2.45) is 5.41 Å². The highest BCUT2D eigenvalue weighted by atomic mass is 35.5. The Morgan fingerprint density at radius 2 is 2.04 bits per heavy atom. The summed E-state index contributed by atoms with van der Waals surface area (Å²) >= 11 is 6.21. The average Bonchev–Trinajstić information content (AvgIpc) is 2.96. The first-order chi connectivity index (χ1) is 12.2. The molecular formula is C21H24ClNO3. The van der Waals surface area contributed by atoms with Crippen LogP contribution in [0.25, 0.3) is 0 Å². The number of hydrogen-bond acceptors (Lipinski definition) is 3. The van der Waals surface area contributed by atoms with Gasteiger partial charge in [-0.15, -0.1) is 0 Å². The lowest BCUT2D eigenvalue weighted by atomic mass is 9.98. The van der Waals surface area contributed by atoms with Crippen LogP contribution in [0.15, 0.2) is 36.4 Å². The maximum Gasteiger partial charge on any atom is 0.336 e. The van der Waals surface area contributed by atoms with Crippen molar-refractivity contribution in [3.05, 3.63) is 58.1 Å². The summed E-state index contributed by atoms with van der Waals surface area (Å²) < 4.78 is 6.04. The van der Waals surface area contributed by atoms with E-state index in [2.05, 4.69) is 25.7 Å². The minimum atomic E-state index is -0.874. The van der Waals surface area contributed by atoms with Gasteiger partial charge in [-0.1, -0.05) is 38.4 Å². The molecule has 0 radical (unpaired) electrons. The summed E-state index contributed by atoms with van der Waals surface area (Å²) in [7, 11) is 0. The molecule has 2 aromatic rings. The molecule has 1 aliphatic heterocycles. The third-order valence-corrected chi connectivity index (χ3v) is 4.63. The number of hydrogen-bond donors (Lipinski definition) is 1. The van der Waals surface area contributed by atoms with Crippen molar-refractivity contribution in [1.29, 1.82) is 0 Å². The number of carbonyl (C=O) groups is 1. The number of carboxylic acid groups (broad SMARTS) is 1. The molecule has 2 aromatic carbocycles. The summed E-state index contributed by atoms with van der Waals surface area (Å²) in [6.07, 6.45) is 0.733. The van der Waals surface area contributed by atoms with Gasteiger partial charge in [-0.2, -0.15) is 0 Å². The number of ether oxygens (including phenoxy) is 1. The molecule has 0 aromatic heterocycles. The van der Waals surface area contributed by atoms with Gasteiger partial charge in [0.25, 0.3) is 0 Å². The molecule has 0 fully saturated rings. The Labute approximate surface area is 159 Å². The Bertz CT molecular complexity index is 826. The van der Waals surface area contributed by atoms with Crippen molar-refractivity contribution >= 4 is 23.3 Å². The number of anilines is 1. The summed E-state index contributed by atoms with van der Waals surface area (Å²) in [5.41, 5.74) is 3.34. The fourth-order valence-corrected chi connectivity index (χ4v) is 3.37. The van der Waals surface area contributed by atoms with Crippen LogP contribution in [0, 0.1) is 5.41 Å². The van der Waals surface area contributed by atoms with Gasteiger partial charge in [0.05, 0.1) is 12.2 Å². The predicted octanol–water partition coefficient (Wildman–Crippen LogP) is 5.03. The lowest BCUT2D eigenvalue weighted by Gasteiger charge is -2.24. The molecule has 26 heavy (non-hydrogen) atoms. The zero-order valence-corrected chi connectivity index (χ0v) is 16.1. The third-order valence-electron chi connectivity index (χ3n) is 4.40. The number of aromatic carboxylic acids is 1. The number of halogens is 1. The monoisotopic (exact) mass is 373 g/mol. The summed E-state index contributed by atoms with van der Waals surface area (Å²) in [5, 5.41) is 10.1. The molecule has 1 heterocycles. The van der Waals surface area contributed by atoms with E-state index in [0.29, 0.717) is 23.7 Å². The van der Waals surface area contributed by atoms with Crippen molar-refractivity contribution in [3.8, 4) is 5.75 Å². The van der Waals surface area contributed by atoms with E-state index in [1.54, 1.807) is 12.1 Å². The minimum absolute atomic E-state index is 0.0630. The lowest BCUT2D eigenvalue weighted by molar-refractivity contribution is 0.0696. The van der Waals surface area contributed by atoms with Crippen LogP contribution < -0.4 is 9.64 Å². The zero-order valence-electron chi connectivity index (χ0n) is 15.4. The Kier molecular flexibility index (Phi) is 5.15. The SMILES string of the molecule is CC(C)(C)COc1ccc(Cl)cc1CN1CCc2c(C(=O)O)cccc21. The highest BCUT2D eigenvalue weighted by molar-refractivity contribution is 6.30. The molecule has 0 unspecified atom stereocenters. The third kappa shape index (κ3) is 4.13. The van der Waals surface area contributed by atoms with Crippen molar-refractivity contribution in [2.45, 2.75) is 33.7 Å². The van der Waals surface area contributed by atoms with Gasteiger partial charge >= 0.3 is 5.97 Å². The van der Waals surface area contributed by atoms with Crippen LogP contribution in [0.2, 0.25) is 5.02 Å². The lowest BCUT2D eigenvalue weighted by Crippen LogP contribution is -2.21. The van der Waals surface area contributed by atoms with E-state index < -0.39 is 5.97 Å². The summed E-state index contributed by atoms with van der Waals surface area (Å²) in [4.78, 5) is 13.6. The van der Waals surface area contributed by atoms with Crippen LogP contribution in [0.4, 0.5) is 5.69 Å². The van der Waals surface area contributed by atoms with Crippen LogP contribution in [-0.2, 0) is 13.0 Å². The Hall–Kier alpha value is -2.20.